The van der Waals surface area contributed by atoms with Crippen molar-refractivity contribution in [3.63, 3.8) is 0 Å². The van der Waals surface area contributed by atoms with Crippen LogP contribution in [0.3, 0.4) is 0 Å². The van der Waals surface area contributed by atoms with E-state index in [4.69, 9.17) is 0 Å². The number of anilines is 1. The molecule has 3 nitrogen and oxygen atoms in total. The number of hydrogen-bond donors (Lipinski definition) is 1. The third-order valence-electron chi connectivity index (χ3n) is 3.56. The average Bonchev–Trinajstić information content (AvgIpc) is 3.13. The Hall–Kier alpha value is -1.03. The zero-order chi connectivity index (χ0) is 14.0. The fourth-order valence-electron chi connectivity index (χ4n) is 2.48. The Morgan fingerprint density at radius 2 is 1.95 bits per heavy atom. The molecule has 0 aromatic heterocycles. The summed E-state index contributed by atoms with van der Waals surface area (Å²) >= 11 is 3.49. The van der Waals surface area contributed by atoms with Crippen molar-refractivity contribution in [3.8, 4) is 0 Å². The van der Waals surface area contributed by atoms with Crippen molar-refractivity contribution in [1.82, 2.24) is 4.90 Å². The Labute approximate surface area is 123 Å². The van der Waals surface area contributed by atoms with E-state index in [1.165, 1.54) is 0 Å². The van der Waals surface area contributed by atoms with Crippen molar-refractivity contribution in [3.05, 3.63) is 27.7 Å². The number of rotatable bonds is 5. The first-order valence-electron chi connectivity index (χ1n) is 6.83. The lowest BCUT2D eigenvalue weighted by Crippen LogP contribution is -2.37. The Morgan fingerprint density at radius 1 is 1.37 bits per heavy atom. The number of likely N-dealkylation sites (N-methyl/N-ethyl adjacent to an activating group) is 1. The second-order valence-electron chi connectivity index (χ2n) is 5.18. The monoisotopic (exact) mass is 324 g/mol. The molecule has 0 bridgehead atoms. The van der Waals surface area contributed by atoms with Gasteiger partial charge in [-0.05, 0) is 56.9 Å². The number of benzene rings is 1. The summed E-state index contributed by atoms with van der Waals surface area (Å²) in [4.78, 5) is 14.2. The molecule has 1 aliphatic carbocycles. The van der Waals surface area contributed by atoms with E-state index in [1.807, 2.05) is 11.8 Å². The molecule has 1 aromatic rings. The average molecular weight is 325 g/mol. The van der Waals surface area contributed by atoms with Crippen LogP contribution < -0.4 is 5.32 Å². The van der Waals surface area contributed by atoms with Gasteiger partial charge >= 0.3 is 0 Å². The number of halogens is 1. The maximum absolute atomic E-state index is 12.2. The zero-order valence-corrected chi connectivity index (χ0v) is 13.4. The highest BCUT2D eigenvalue weighted by atomic mass is 79.9. The summed E-state index contributed by atoms with van der Waals surface area (Å²) in [6.07, 6.45) is 2.33. The van der Waals surface area contributed by atoms with Crippen LogP contribution in [0.4, 0.5) is 5.69 Å². The molecule has 0 spiro atoms. The van der Waals surface area contributed by atoms with Crippen molar-refractivity contribution >= 4 is 27.5 Å². The highest BCUT2D eigenvalue weighted by Gasteiger charge is 2.30. The molecule has 1 aliphatic rings. The Kier molecular flexibility index (Phi) is 4.50. The van der Waals surface area contributed by atoms with Gasteiger partial charge in [-0.25, -0.2) is 0 Å². The Balaban J connectivity index is 2.00. The SMILES string of the molecule is CCN(C(=O)CNc1c(C)cc(Br)cc1C)C1CC1. The molecular weight excluding hydrogens is 304 g/mol. The van der Waals surface area contributed by atoms with Crippen LogP contribution in [-0.2, 0) is 4.79 Å². The molecule has 0 saturated heterocycles. The van der Waals surface area contributed by atoms with Gasteiger partial charge in [0.25, 0.3) is 0 Å². The molecule has 0 radical (unpaired) electrons. The molecule has 1 N–H and O–H groups in total. The molecule has 1 amide bonds. The molecule has 0 heterocycles. The lowest BCUT2D eigenvalue weighted by molar-refractivity contribution is -0.129. The van der Waals surface area contributed by atoms with Gasteiger partial charge in [0.1, 0.15) is 0 Å². The third-order valence-corrected chi connectivity index (χ3v) is 4.02. The lowest BCUT2D eigenvalue weighted by Gasteiger charge is -2.21. The maximum atomic E-state index is 12.2. The van der Waals surface area contributed by atoms with Crippen LogP contribution in [0.25, 0.3) is 0 Å². The van der Waals surface area contributed by atoms with Gasteiger partial charge in [0, 0.05) is 22.7 Å². The summed E-state index contributed by atoms with van der Waals surface area (Å²) in [7, 11) is 0. The number of aryl methyl sites for hydroxylation is 2. The van der Waals surface area contributed by atoms with Crippen molar-refractivity contribution in [2.45, 2.75) is 39.7 Å². The summed E-state index contributed by atoms with van der Waals surface area (Å²) in [6, 6.07) is 4.63. The molecule has 104 valence electrons. The van der Waals surface area contributed by atoms with E-state index in [2.05, 4.69) is 47.2 Å². The fraction of sp³-hybridized carbons (Fsp3) is 0.533. The van der Waals surface area contributed by atoms with Gasteiger partial charge in [0.05, 0.1) is 6.54 Å². The summed E-state index contributed by atoms with van der Waals surface area (Å²) in [5.74, 6) is 0.201. The number of nitrogens with one attached hydrogen (secondary N) is 1. The van der Waals surface area contributed by atoms with Crippen LogP contribution in [0.2, 0.25) is 0 Å². The van der Waals surface area contributed by atoms with Crippen molar-refractivity contribution in [1.29, 1.82) is 0 Å². The normalized spacial score (nSPS) is 14.3. The fourth-order valence-corrected chi connectivity index (χ4v) is 3.17. The molecule has 0 aliphatic heterocycles. The van der Waals surface area contributed by atoms with E-state index in [1.54, 1.807) is 0 Å². The van der Waals surface area contributed by atoms with Gasteiger partial charge < -0.3 is 10.2 Å². The van der Waals surface area contributed by atoms with Crippen LogP contribution in [-0.4, -0.2) is 29.9 Å². The summed E-state index contributed by atoms with van der Waals surface area (Å²) < 4.78 is 1.08. The molecule has 1 saturated carbocycles. The van der Waals surface area contributed by atoms with Gasteiger partial charge in [0.15, 0.2) is 0 Å². The summed E-state index contributed by atoms with van der Waals surface area (Å²) in [5.41, 5.74) is 3.40. The number of nitrogens with zero attached hydrogens (tertiary/aromatic N) is 1. The minimum absolute atomic E-state index is 0.201. The smallest absolute Gasteiger partial charge is 0.242 e. The van der Waals surface area contributed by atoms with Crippen LogP contribution in [0, 0.1) is 13.8 Å². The predicted octanol–water partition coefficient (Wildman–Crippen LogP) is 3.49. The highest BCUT2D eigenvalue weighted by molar-refractivity contribution is 9.10. The number of carbonyl (C=O) groups is 1. The van der Waals surface area contributed by atoms with Crippen LogP contribution in [0.15, 0.2) is 16.6 Å². The topological polar surface area (TPSA) is 32.3 Å². The third kappa shape index (κ3) is 3.50. The maximum Gasteiger partial charge on any atom is 0.242 e. The van der Waals surface area contributed by atoms with Crippen molar-refractivity contribution in [2.75, 3.05) is 18.4 Å². The van der Waals surface area contributed by atoms with Gasteiger partial charge in [-0.15, -0.1) is 0 Å². The quantitative estimate of drug-likeness (QED) is 0.899. The first-order valence-corrected chi connectivity index (χ1v) is 7.62. The molecule has 1 fully saturated rings. The van der Waals surface area contributed by atoms with Crippen molar-refractivity contribution < 1.29 is 4.79 Å². The molecule has 19 heavy (non-hydrogen) atoms. The standard InChI is InChI=1S/C15H21BrN2O/c1-4-18(13-5-6-13)14(19)9-17-15-10(2)7-12(16)8-11(15)3/h7-8,13,17H,4-6,9H2,1-3H3. The summed E-state index contributed by atoms with van der Waals surface area (Å²) in [6.45, 7) is 7.36. The van der Waals surface area contributed by atoms with E-state index >= 15 is 0 Å². The highest BCUT2D eigenvalue weighted by Crippen LogP contribution is 2.27. The Morgan fingerprint density at radius 3 is 2.42 bits per heavy atom. The molecule has 4 heteroatoms. The van der Waals surface area contributed by atoms with Crippen LogP contribution in [0.5, 0.6) is 0 Å². The predicted molar refractivity (Wildman–Crippen MR) is 82.5 cm³/mol. The zero-order valence-electron chi connectivity index (χ0n) is 11.8. The van der Waals surface area contributed by atoms with Gasteiger partial charge in [0.2, 0.25) is 5.91 Å². The molecule has 2 rings (SSSR count). The van der Waals surface area contributed by atoms with E-state index in [9.17, 15) is 4.79 Å². The first kappa shape index (κ1) is 14.4. The molecule has 0 unspecified atom stereocenters. The van der Waals surface area contributed by atoms with E-state index in [0.717, 1.165) is 40.7 Å². The number of amides is 1. The number of hydrogen-bond acceptors (Lipinski definition) is 2. The second-order valence-corrected chi connectivity index (χ2v) is 6.09. The van der Waals surface area contributed by atoms with Gasteiger partial charge in [-0.2, -0.15) is 0 Å². The minimum Gasteiger partial charge on any atom is -0.376 e. The molecule has 1 aromatic carbocycles. The molecule has 0 atom stereocenters. The van der Waals surface area contributed by atoms with Crippen molar-refractivity contribution in [2.24, 2.45) is 0 Å². The van der Waals surface area contributed by atoms with E-state index in [-0.39, 0.29) is 5.91 Å². The first-order chi connectivity index (χ1) is 9.02. The summed E-state index contributed by atoms with van der Waals surface area (Å²) in [5, 5.41) is 3.29. The number of carbonyl (C=O) groups excluding carboxylic acids is 1. The lowest BCUT2D eigenvalue weighted by atomic mass is 10.1. The minimum atomic E-state index is 0.201. The van der Waals surface area contributed by atoms with Crippen LogP contribution >= 0.6 is 15.9 Å². The molecular formula is C15H21BrN2O. The van der Waals surface area contributed by atoms with Gasteiger partial charge in [-0.1, -0.05) is 15.9 Å². The second kappa shape index (κ2) is 5.95. The largest absolute Gasteiger partial charge is 0.376 e. The Bertz CT molecular complexity index is 460. The van der Waals surface area contributed by atoms with Gasteiger partial charge in [-0.3, -0.25) is 4.79 Å². The van der Waals surface area contributed by atoms with E-state index in [0.29, 0.717) is 12.6 Å². The van der Waals surface area contributed by atoms with E-state index < -0.39 is 0 Å². The van der Waals surface area contributed by atoms with Crippen LogP contribution in [0.1, 0.15) is 30.9 Å².